The summed E-state index contributed by atoms with van der Waals surface area (Å²) in [5.41, 5.74) is 1.95. The Hall–Kier alpha value is -3.76. The van der Waals surface area contributed by atoms with Gasteiger partial charge in [0, 0.05) is 0 Å². The molecule has 2 unspecified atom stereocenters. The van der Waals surface area contributed by atoms with Gasteiger partial charge < -0.3 is 20.8 Å². The number of imide groups is 2. The van der Waals surface area contributed by atoms with E-state index >= 15 is 0 Å². The van der Waals surface area contributed by atoms with Crippen LogP contribution in [0.2, 0.25) is 0 Å². The predicted octanol–water partition coefficient (Wildman–Crippen LogP) is 4.88. The number of nitrogens with one attached hydrogen (secondary N) is 4. The molecular weight excluding hydrogens is 536 g/mol. The van der Waals surface area contributed by atoms with Gasteiger partial charge in [-0.3, -0.25) is 20.2 Å². The first-order valence-corrected chi connectivity index (χ1v) is 15.0. The van der Waals surface area contributed by atoms with Crippen molar-refractivity contribution in [1.82, 2.24) is 21.3 Å². The van der Waals surface area contributed by atoms with Crippen LogP contribution in [0.5, 0.6) is 0 Å². The molecule has 6 N–H and O–H groups in total. The molecule has 0 aliphatic heterocycles. The van der Waals surface area contributed by atoms with Gasteiger partial charge in [0.2, 0.25) is 11.8 Å². The Morgan fingerprint density at radius 1 is 0.500 bits per heavy atom. The zero-order chi connectivity index (χ0) is 30.4. The fraction of sp³-hybridized carbons (Fsp3) is 0.500. The molecule has 0 saturated heterocycles. The van der Waals surface area contributed by atoms with E-state index < -0.39 is 36.1 Å². The molecule has 0 aromatic heterocycles. The minimum absolute atomic E-state index is 0.435. The van der Waals surface area contributed by atoms with Crippen molar-refractivity contribution in [2.24, 2.45) is 0 Å². The number of carboxylic acid groups (broad SMARTS) is 2. The second kappa shape index (κ2) is 21.0. The molecule has 0 spiro atoms. The molecule has 10 heteroatoms. The number of amides is 4. The number of hydrogen-bond acceptors (Lipinski definition) is 6. The van der Waals surface area contributed by atoms with Gasteiger partial charge in [-0.1, -0.05) is 112 Å². The van der Waals surface area contributed by atoms with Crippen LogP contribution in [0.15, 0.2) is 60.7 Å². The van der Waals surface area contributed by atoms with Gasteiger partial charge in [0.25, 0.3) is 0 Å². The number of carbonyl (C=O) groups excluding carboxylic acids is 2. The van der Waals surface area contributed by atoms with Crippen LogP contribution in [-0.4, -0.2) is 59.4 Å². The maximum atomic E-state index is 12.3. The molecular formula is C32H46N4O6. The Morgan fingerprint density at radius 3 is 1.12 bits per heavy atom. The van der Waals surface area contributed by atoms with E-state index in [9.17, 15) is 19.2 Å². The lowest BCUT2D eigenvalue weighted by Gasteiger charge is -2.17. The lowest BCUT2D eigenvalue weighted by atomic mass is 10.0. The average molecular weight is 583 g/mol. The molecule has 42 heavy (non-hydrogen) atoms. The fourth-order valence-electron chi connectivity index (χ4n) is 4.82. The minimum Gasteiger partial charge on any atom is -0.465 e. The monoisotopic (exact) mass is 582 g/mol. The van der Waals surface area contributed by atoms with E-state index in [0.717, 1.165) is 62.5 Å². The van der Waals surface area contributed by atoms with Gasteiger partial charge in [-0.2, -0.15) is 0 Å². The van der Waals surface area contributed by atoms with Gasteiger partial charge in [-0.05, 0) is 49.9 Å². The van der Waals surface area contributed by atoms with Crippen LogP contribution in [0.4, 0.5) is 9.59 Å². The molecule has 0 aliphatic rings. The topological polar surface area (TPSA) is 157 Å². The van der Waals surface area contributed by atoms with Gasteiger partial charge in [0.15, 0.2) is 0 Å². The third kappa shape index (κ3) is 15.9. The Morgan fingerprint density at radius 2 is 0.810 bits per heavy atom. The summed E-state index contributed by atoms with van der Waals surface area (Å²) >= 11 is 0. The molecule has 2 atom stereocenters. The van der Waals surface area contributed by atoms with Crippen molar-refractivity contribution in [2.75, 3.05) is 13.1 Å². The van der Waals surface area contributed by atoms with Crippen LogP contribution in [0, 0.1) is 0 Å². The third-order valence-corrected chi connectivity index (χ3v) is 7.04. The number of rotatable bonds is 21. The van der Waals surface area contributed by atoms with E-state index in [1.165, 1.54) is 12.8 Å². The first kappa shape index (κ1) is 34.4. The van der Waals surface area contributed by atoms with Gasteiger partial charge in [-0.15, -0.1) is 0 Å². The van der Waals surface area contributed by atoms with Crippen molar-refractivity contribution in [3.63, 3.8) is 0 Å². The summed E-state index contributed by atoms with van der Waals surface area (Å²) in [6, 6.07) is 17.9. The SMILES string of the molecule is O=C(O)NC(=O)C(Cc1ccccc1)NCCCCCCCCCCCCNC(Cc1ccccc1)C(=O)NC(=O)O. The van der Waals surface area contributed by atoms with Crippen LogP contribution >= 0.6 is 0 Å². The van der Waals surface area contributed by atoms with Crippen molar-refractivity contribution in [2.45, 2.75) is 89.1 Å². The maximum Gasteiger partial charge on any atom is 0.411 e. The largest absolute Gasteiger partial charge is 0.465 e. The van der Waals surface area contributed by atoms with Crippen molar-refractivity contribution < 1.29 is 29.4 Å². The minimum atomic E-state index is -1.34. The summed E-state index contributed by atoms with van der Waals surface area (Å²) in [4.78, 5) is 46.3. The zero-order valence-electron chi connectivity index (χ0n) is 24.4. The summed E-state index contributed by atoms with van der Waals surface area (Å²) in [5, 5.41) is 28.1. The highest BCUT2D eigenvalue weighted by molar-refractivity contribution is 5.94. The van der Waals surface area contributed by atoms with Crippen LogP contribution in [0.3, 0.4) is 0 Å². The Bertz CT molecular complexity index is 982. The third-order valence-electron chi connectivity index (χ3n) is 7.04. The lowest BCUT2D eigenvalue weighted by molar-refractivity contribution is -0.123. The van der Waals surface area contributed by atoms with Crippen LogP contribution in [0.1, 0.15) is 75.3 Å². The average Bonchev–Trinajstić information content (AvgIpc) is 2.96. The summed E-state index contributed by atoms with van der Waals surface area (Å²) in [7, 11) is 0. The highest BCUT2D eigenvalue weighted by Crippen LogP contribution is 2.11. The number of hydrogen-bond donors (Lipinski definition) is 6. The molecule has 0 heterocycles. The molecule has 0 bridgehead atoms. The maximum absolute atomic E-state index is 12.3. The zero-order valence-corrected chi connectivity index (χ0v) is 24.4. The first-order valence-electron chi connectivity index (χ1n) is 15.0. The van der Waals surface area contributed by atoms with E-state index in [0.29, 0.717) is 25.9 Å². The number of benzene rings is 2. The van der Waals surface area contributed by atoms with Crippen molar-refractivity contribution >= 4 is 24.0 Å². The lowest BCUT2D eigenvalue weighted by Crippen LogP contribution is -2.47. The summed E-state index contributed by atoms with van der Waals surface area (Å²) < 4.78 is 0. The molecule has 0 fully saturated rings. The highest BCUT2D eigenvalue weighted by Gasteiger charge is 2.21. The second-order valence-electron chi connectivity index (χ2n) is 10.5. The smallest absolute Gasteiger partial charge is 0.411 e. The molecule has 230 valence electrons. The standard InChI is InChI=1S/C32H46N4O6/c37-29(35-31(39)40)27(23-25-17-11-9-12-18-25)33-21-15-7-5-3-1-2-4-6-8-16-22-34-28(30(38)36-32(41)42)24-26-19-13-10-14-20-26/h9-14,17-20,27-28,33-34H,1-8,15-16,21-24H2,(H,35,37)(H,36,38)(H,39,40)(H,41,42). The molecule has 0 saturated carbocycles. The van der Waals surface area contributed by atoms with E-state index in [2.05, 4.69) is 10.6 Å². The second-order valence-corrected chi connectivity index (χ2v) is 10.5. The molecule has 2 rings (SSSR count). The molecule has 2 aromatic rings. The molecule has 0 aliphatic carbocycles. The highest BCUT2D eigenvalue weighted by atomic mass is 16.4. The number of unbranched alkanes of at least 4 members (excludes halogenated alkanes) is 9. The summed E-state index contributed by atoms with van der Waals surface area (Å²) in [6.07, 6.45) is 9.07. The quantitative estimate of drug-likeness (QED) is 0.114. The molecule has 10 nitrogen and oxygen atoms in total. The summed E-state index contributed by atoms with van der Waals surface area (Å²) in [5.74, 6) is -1.06. The van der Waals surface area contributed by atoms with Gasteiger partial charge in [0.05, 0.1) is 12.1 Å². The Kier molecular flexibility index (Phi) is 17.2. The normalized spacial score (nSPS) is 12.3. The van der Waals surface area contributed by atoms with Gasteiger partial charge in [0.1, 0.15) is 0 Å². The Labute approximate surface area is 248 Å². The van der Waals surface area contributed by atoms with Gasteiger partial charge >= 0.3 is 12.2 Å². The van der Waals surface area contributed by atoms with E-state index in [1.54, 1.807) is 0 Å². The van der Waals surface area contributed by atoms with Crippen molar-refractivity contribution in [3.05, 3.63) is 71.8 Å². The van der Waals surface area contributed by atoms with E-state index in [1.807, 2.05) is 71.3 Å². The van der Waals surface area contributed by atoms with Crippen LogP contribution < -0.4 is 21.3 Å². The van der Waals surface area contributed by atoms with E-state index in [4.69, 9.17) is 10.2 Å². The number of carbonyl (C=O) groups is 4. The molecule has 0 radical (unpaired) electrons. The van der Waals surface area contributed by atoms with Gasteiger partial charge in [-0.25, -0.2) is 9.59 Å². The molecule has 4 amide bonds. The van der Waals surface area contributed by atoms with Crippen molar-refractivity contribution in [3.8, 4) is 0 Å². The predicted molar refractivity (Wildman–Crippen MR) is 162 cm³/mol. The molecule has 2 aromatic carbocycles. The Balaban J connectivity index is 1.51. The van der Waals surface area contributed by atoms with E-state index in [-0.39, 0.29) is 0 Å². The fourth-order valence-corrected chi connectivity index (χ4v) is 4.82. The van der Waals surface area contributed by atoms with Crippen LogP contribution in [0.25, 0.3) is 0 Å². The summed E-state index contributed by atoms with van der Waals surface area (Å²) in [6.45, 7) is 1.31. The first-order chi connectivity index (χ1) is 20.3. The van der Waals surface area contributed by atoms with Crippen molar-refractivity contribution in [1.29, 1.82) is 0 Å². The van der Waals surface area contributed by atoms with Crippen LogP contribution in [-0.2, 0) is 22.4 Å².